The van der Waals surface area contributed by atoms with Crippen molar-refractivity contribution in [2.24, 2.45) is 5.73 Å². The normalized spacial score (nSPS) is 15.2. The Hall–Kier alpha value is 0.335. The van der Waals surface area contributed by atoms with E-state index in [1.807, 2.05) is 0 Å². The van der Waals surface area contributed by atoms with Gasteiger partial charge in [-0.2, -0.15) is 0 Å². The van der Waals surface area contributed by atoms with E-state index in [2.05, 4.69) is 18.7 Å². The molecule has 3 N–H and O–H groups in total. The lowest BCUT2D eigenvalue weighted by Gasteiger charge is -2.08. The number of rotatable bonds is 6. The first-order valence-corrected chi connectivity index (χ1v) is 6.25. The number of thiol groups is 1. The molecule has 2 nitrogen and oxygen atoms in total. The summed E-state index contributed by atoms with van der Waals surface area (Å²) in [5.74, 6) is 1.38. The lowest BCUT2D eigenvalue weighted by Crippen LogP contribution is -2.23. The molecule has 4 heteroatoms. The van der Waals surface area contributed by atoms with Crippen LogP contribution in [0.3, 0.4) is 0 Å². The van der Waals surface area contributed by atoms with E-state index in [0.29, 0.717) is 10.7 Å². The molecule has 0 saturated heterocycles. The van der Waals surface area contributed by atoms with Crippen LogP contribution in [0.15, 0.2) is 0 Å². The molecule has 0 radical (unpaired) electrons. The van der Waals surface area contributed by atoms with Crippen molar-refractivity contribution in [2.45, 2.75) is 6.42 Å². The van der Waals surface area contributed by atoms with Gasteiger partial charge in [0.05, 0.1) is 0 Å². The largest absolute Gasteiger partial charge is 0.329 e. The maximum Gasteiger partial charge on any atom is 0.149 e. The summed E-state index contributed by atoms with van der Waals surface area (Å²) in [7, 11) is 2.63. The third-order valence-corrected chi connectivity index (χ3v) is 2.49. The number of hydrogen-bond acceptors (Lipinski definition) is 2. The molecule has 62 valence electrons. The Morgan fingerprint density at radius 1 is 1.50 bits per heavy atom. The molecule has 0 saturated carbocycles. The van der Waals surface area contributed by atoms with E-state index in [9.17, 15) is 0 Å². The minimum Gasteiger partial charge on any atom is -0.329 e. The van der Waals surface area contributed by atoms with Gasteiger partial charge in [-0.1, -0.05) is 0 Å². The third kappa shape index (κ3) is 8.33. The zero-order valence-corrected chi connectivity index (χ0v) is 7.95. The Morgan fingerprint density at radius 2 is 2.20 bits per heavy atom. The van der Waals surface area contributed by atoms with Crippen molar-refractivity contribution in [2.75, 3.05) is 31.6 Å². The Labute approximate surface area is 67.6 Å². The van der Waals surface area contributed by atoms with Gasteiger partial charge in [-0.15, -0.1) is 0 Å². The summed E-state index contributed by atoms with van der Waals surface area (Å²) >= 11 is 0. The molecule has 10 heavy (non-hydrogen) atoms. The highest BCUT2D eigenvalue weighted by Gasteiger charge is 1.88. The monoisotopic (exact) mass is 162 g/mol. The second kappa shape index (κ2) is 7.44. The Kier molecular flexibility index (Phi) is 7.69. The highest BCUT2D eigenvalue weighted by molar-refractivity contribution is 8.34. The zero-order chi connectivity index (χ0) is 7.82. The molecule has 0 fully saturated rings. The van der Waals surface area contributed by atoms with Crippen molar-refractivity contribution in [1.29, 1.82) is 0 Å². The van der Waals surface area contributed by atoms with Crippen LogP contribution < -0.4 is 11.1 Å². The number of hydrogen-bond donors (Lipinski definition) is 3. The van der Waals surface area contributed by atoms with Gasteiger partial charge in [0.2, 0.25) is 0 Å². The van der Waals surface area contributed by atoms with E-state index in [-0.39, 0.29) is 0 Å². The third-order valence-electron chi connectivity index (χ3n) is 1.28. The minimum absolute atomic E-state index is 0.307. The fraction of sp³-hybridized carbons (Fsp3) is 1.00. The molecule has 0 aliphatic rings. The molecule has 0 spiro atoms. The molecule has 0 amide bonds. The van der Waals surface area contributed by atoms with Gasteiger partial charge >= 0.3 is 0 Å². The van der Waals surface area contributed by atoms with E-state index in [1.165, 1.54) is 12.2 Å². The first-order chi connectivity index (χ1) is 4.77. The molecular weight excluding hydrogens is 143 g/mol. The topological polar surface area (TPSA) is 38.0 Å². The predicted molar refractivity (Wildman–Crippen MR) is 54.9 cm³/mol. The van der Waals surface area contributed by atoms with Crippen LogP contribution in [0, 0.1) is 0 Å². The van der Waals surface area contributed by atoms with Crippen LogP contribution in [0.4, 0.5) is 0 Å². The molecule has 0 aliphatic carbocycles. The van der Waals surface area contributed by atoms with Crippen LogP contribution in [0.5, 0.6) is 0 Å². The van der Waals surface area contributed by atoms with Crippen LogP contribution in [0.25, 0.3) is 0 Å². The first kappa shape index (κ1) is 10.3. The highest BCUT2D eigenvalue weighted by Crippen LogP contribution is 2.11. The van der Waals surface area contributed by atoms with Crippen molar-refractivity contribution in [1.82, 2.24) is 5.32 Å². The molecule has 0 aromatic carbocycles. The molecule has 0 bridgehead atoms. The maximum atomic E-state index is 5.31. The molecule has 0 aliphatic heterocycles. The van der Waals surface area contributed by atoms with Gasteiger partial charge in [-0.3, -0.25) is 10.7 Å². The Balaban J connectivity index is 2.77. The minimum atomic E-state index is 0.307. The fourth-order valence-corrected chi connectivity index (χ4v) is 1.54. The zero-order valence-electron chi connectivity index (χ0n) is 7.06. The van der Waals surface area contributed by atoms with Crippen LogP contribution in [0.2, 0.25) is 0 Å². The number of nitrogens with two attached hydrogens (primary N) is 1. The fourth-order valence-electron chi connectivity index (χ4n) is 0.747. The Morgan fingerprint density at radius 3 is 2.70 bits per heavy atom. The molecule has 1 unspecified atom stereocenters. The Bertz CT molecular complexity index is 70.8. The van der Waals surface area contributed by atoms with Crippen molar-refractivity contribution >= 4 is 17.9 Å². The van der Waals surface area contributed by atoms with Gasteiger partial charge in [0.15, 0.2) is 0 Å². The van der Waals surface area contributed by atoms with Crippen molar-refractivity contribution in [3.05, 3.63) is 0 Å². The van der Waals surface area contributed by atoms with Crippen LogP contribution >= 0.6 is 10.7 Å². The van der Waals surface area contributed by atoms with E-state index < -0.39 is 0 Å². The van der Waals surface area contributed by atoms with Gasteiger partial charge in [0, 0.05) is 13.1 Å². The number of nitrogens with one attached hydrogen (secondary N) is 1. The van der Waals surface area contributed by atoms with Crippen molar-refractivity contribution in [3.63, 3.8) is 0 Å². The predicted octanol–water partition coefficient (Wildman–Crippen LogP) is -0.896. The summed E-state index contributed by atoms with van der Waals surface area (Å²) in [6.07, 6.45) is 3.62. The van der Waals surface area contributed by atoms with E-state index in [0.717, 1.165) is 19.6 Å². The summed E-state index contributed by atoms with van der Waals surface area (Å²) in [5.41, 5.74) is 5.31. The average molecular weight is 162 g/mol. The van der Waals surface area contributed by atoms with E-state index in [1.54, 1.807) is 0 Å². The first-order valence-electron chi connectivity index (χ1n) is 3.83. The maximum absolute atomic E-state index is 5.31. The SMILES string of the molecule is B[SH](C)CCCNCCN. The van der Waals surface area contributed by atoms with Gasteiger partial charge in [-0.05, 0) is 25.0 Å². The van der Waals surface area contributed by atoms with E-state index >= 15 is 0 Å². The molecular formula is C6H19BN2S. The molecule has 1 atom stereocenters. The van der Waals surface area contributed by atoms with Crippen LogP contribution in [0.1, 0.15) is 6.42 Å². The smallest absolute Gasteiger partial charge is 0.149 e. The summed E-state index contributed by atoms with van der Waals surface area (Å²) in [4.78, 5) is 0. The van der Waals surface area contributed by atoms with Crippen molar-refractivity contribution < 1.29 is 0 Å². The highest BCUT2D eigenvalue weighted by atomic mass is 32.2. The summed E-state index contributed by atoms with van der Waals surface area (Å²) < 4.78 is 0. The quantitative estimate of drug-likeness (QED) is 0.269. The van der Waals surface area contributed by atoms with Gasteiger partial charge in [-0.25, -0.2) is 0 Å². The molecule has 0 aromatic heterocycles. The lowest BCUT2D eigenvalue weighted by molar-refractivity contribution is 0.681. The molecule has 0 aromatic rings. The van der Waals surface area contributed by atoms with Gasteiger partial charge < -0.3 is 11.1 Å². The lowest BCUT2D eigenvalue weighted by atomic mass is 10.5. The molecule has 0 rings (SSSR count). The molecule has 0 heterocycles. The summed E-state index contributed by atoms with van der Waals surface area (Å²) in [5, 5.41) is 3.28. The second-order valence-electron chi connectivity index (χ2n) is 2.70. The average Bonchev–Trinajstić information content (AvgIpc) is 1.87. The van der Waals surface area contributed by atoms with Gasteiger partial charge in [0.25, 0.3) is 0 Å². The second-order valence-corrected chi connectivity index (χ2v) is 5.30. The van der Waals surface area contributed by atoms with E-state index in [4.69, 9.17) is 5.73 Å². The van der Waals surface area contributed by atoms with Crippen LogP contribution in [-0.4, -0.2) is 38.8 Å². The standard InChI is InChI=1S/C6H19BN2S/c1-10(7)6-2-4-9-5-3-8/h9-10H,2-8H2,1H3. The summed E-state index contributed by atoms with van der Waals surface area (Å²) in [6, 6.07) is 0. The van der Waals surface area contributed by atoms with Gasteiger partial charge in [0.1, 0.15) is 7.12 Å². The van der Waals surface area contributed by atoms with Crippen LogP contribution in [-0.2, 0) is 0 Å². The summed E-state index contributed by atoms with van der Waals surface area (Å²) in [6.45, 7) is 2.86. The van der Waals surface area contributed by atoms with Crippen molar-refractivity contribution in [3.8, 4) is 0 Å².